The molecule has 0 aliphatic heterocycles. The van der Waals surface area contributed by atoms with Crippen molar-refractivity contribution in [1.29, 1.82) is 0 Å². The van der Waals surface area contributed by atoms with Gasteiger partial charge in [0, 0.05) is 31.7 Å². The van der Waals surface area contributed by atoms with Gasteiger partial charge in [-0.05, 0) is 40.6 Å². The van der Waals surface area contributed by atoms with Crippen molar-refractivity contribution in [3.05, 3.63) is 51.7 Å². The lowest BCUT2D eigenvalue weighted by Crippen LogP contribution is -2.41. The number of thiophene rings is 1. The van der Waals surface area contributed by atoms with Gasteiger partial charge in [-0.3, -0.25) is 4.99 Å². The van der Waals surface area contributed by atoms with Gasteiger partial charge in [-0.1, -0.05) is 17.7 Å². The van der Waals surface area contributed by atoms with Crippen molar-refractivity contribution >= 4 is 62.9 Å². The van der Waals surface area contributed by atoms with E-state index in [1.165, 1.54) is 17.7 Å². The highest BCUT2D eigenvalue weighted by Crippen LogP contribution is 2.14. The van der Waals surface area contributed by atoms with Crippen LogP contribution in [0.2, 0.25) is 5.02 Å². The minimum atomic E-state index is -3.57. The SMILES string of the molecule is CN=C(NCCNS(=O)(=O)c1cccc(Cl)c1)NCc1ccsc1.I. The Kier molecular flexibility index (Phi) is 9.72. The summed E-state index contributed by atoms with van der Waals surface area (Å²) in [6.07, 6.45) is 0. The standard InChI is InChI=1S/C15H19ClN4O2S2.HI/c1-17-15(19-10-12-5-8-23-11-12)18-6-7-20-24(21,22)14-4-2-3-13(16)9-14;/h2-5,8-9,11,20H,6-7,10H2,1H3,(H2,17,18,19);1H. The Balaban J connectivity index is 0.00000312. The van der Waals surface area contributed by atoms with E-state index in [1.54, 1.807) is 30.5 Å². The van der Waals surface area contributed by atoms with Gasteiger partial charge in [0.25, 0.3) is 0 Å². The second kappa shape index (κ2) is 11.0. The highest BCUT2D eigenvalue weighted by atomic mass is 127. The Labute approximate surface area is 174 Å². The van der Waals surface area contributed by atoms with E-state index in [9.17, 15) is 8.42 Å². The number of nitrogens with zero attached hydrogens (tertiary/aromatic N) is 1. The maximum absolute atomic E-state index is 12.1. The van der Waals surface area contributed by atoms with Gasteiger partial charge in [-0.2, -0.15) is 11.3 Å². The Hall–Kier alpha value is -0.880. The quantitative estimate of drug-likeness (QED) is 0.230. The van der Waals surface area contributed by atoms with Crippen LogP contribution in [-0.2, 0) is 16.6 Å². The first-order valence-corrected chi connectivity index (χ1v) is 10.0. The molecular weight excluding hydrogens is 495 g/mol. The second-order valence-corrected chi connectivity index (χ2v) is 7.82. The molecular formula is C15H20ClIN4O2S2. The van der Waals surface area contributed by atoms with Gasteiger partial charge < -0.3 is 10.6 Å². The van der Waals surface area contributed by atoms with Crippen LogP contribution in [0.25, 0.3) is 0 Å². The van der Waals surface area contributed by atoms with Crippen LogP contribution in [0.4, 0.5) is 0 Å². The maximum Gasteiger partial charge on any atom is 0.240 e. The zero-order valence-electron chi connectivity index (χ0n) is 13.5. The van der Waals surface area contributed by atoms with E-state index in [-0.39, 0.29) is 35.4 Å². The summed E-state index contributed by atoms with van der Waals surface area (Å²) in [4.78, 5) is 4.24. The lowest BCUT2D eigenvalue weighted by Gasteiger charge is -2.12. The molecule has 1 aromatic heterocycles. The van der Waals surface area contributed by atoms with Crippen molar-refractivity contribution in [3.8, 4) is 0 Å². The Morgan fingerprint density at radius 3 is 2.68 bits per heavy atom. The van der Waals surface area contributed by atoms with Crippen molar-refractivity contribution in [2.45, 2.75) is 11.4 Å². The van der Waals surface area contributed by atoms with Gasteiger partial charge in [0.1, 0.15) is 0 Å². The third-order valence-corrected chi connectivity index (χ3v) is 5.51. The van der Waals surface area contributed by atoms with Crippen molar-refractivity contribution in [2.75, 3.05) is 20.1 Å². The summed E-state index contributed by atoms with van der Waals surface area (Å²) in [6, 6.07) is 8.18. The third kappa shape index (κ3) is 7.48. The van der Waals surface area contributed by atoms with Gasteiger partial charge in [0.15, 0.2) is 5.96 Å². The zero-order chi connectivity index (χ0) is 17.4. The minimum absolute atomic E-state index is 0. The van der Waals surface area contributed by atoms with Crippen molar-refractivity contribution in [1.82, 2.24) is 15.4 Å². The molecule has 0 aliphatic carbocycles. The Bertz CT molecular complexity index is 783. The molecule has 2 rings (SSSR count). The number of benzene rings is 1. The zero-order valence-corrected chi connectivity index (χ0v) is 18.2. The summed E-state index contributed by atoms with van der Waals surface area (Å²) in [7, 11) is -1.90. The normalized spacial score (nSPS) is 11.7. The number of sulfonamides is 1. The first-order valence-electron chi connectivity index (χ1n) is 7.22. The smallest absolute Gasteiger partial charge is 0.240 e. The Morgan fingerprint density at radius 1 is 1.24 bits per heavy atom. The molecule has 1 aromatic carbocycles. The van der Waals surface area contributed by atoms with Gasteiger partial charge in [0.2, 0.25) is 10.0 Å². The van der Waals surface area contributed by atoms with E-state index in [1.807, 2.05) is 11.4 Å². The monoisotopic (exact) mass is 514 g/mol. The molecule has 0 amide bonds. The van der Waals surface area contributed by atoms with E-state index in [2.05, 4.69) is 25.7 Å². The van der Waals surface area contributed by atoms with Crippen LogP contribution in [-0.4, -0.2) is 34.5 Å². The molecule has 1 heterocycles. The molecule has 0 atom stereocenters. The molecule has 0 bridgehead atoms. The first kappa shape index (κ1) is 22.2. The number of aliphatic imine (C=N–C) groups is 1. The van der Waals surface area contributed by atoms with Crippen LogP contribution >= 0.6 is 46.9 Å². The van der Waals surface area contributed by atoms with E-state index in [0.29, 0.717) is 24.1 Å². The molecule has 0 unspecified atom stereocenters. The lowest BCUT2D eigenvalue weighted by molar-refractivity contribution is 0.580. The summed E-state index contributed by atoms with van der Waals surface area (Å²) in [5, 5.41) is 10.7. The largest absolute Gasteiger partial charge is 0.355 e. The van der Waals surface area contributed by atoms with Gasteiger partial charge in [-0.25, -0.2) is 13.1 Å². The molecule has 6 nitrogen and oxygen atoms in total. The molecule has 25 heavy (non-hydrogen) atoms. The molecule has 0 radical (unpaired) electrons. The van der Waals surface area contributed by atoms with Crippen LogP contribution in [0.15, 0.2) is 51.0 Å². The molecule has 0 saturated heterocycles. The second-order valence-electron chi connectivity index (χ2n) is 4.84. The molecule has 0 aliphatic rings. The summed E-state index contributed by atoms with van der Waals surface area (Å²) < 4.78 is 26.8. The molecule has 2 aromatic rings. The number of nitrogens with one attached hydrogen (secondary N) is 3. The van der Waals surface area contributed by atoms with Crippen LogP contribution in [0.1, 0.15) is 5.56 Å². The van der Waals surface area contributed by atoms with Crippen LogP contribution in [0.5, 0.6) is 0 Å². The molecule has 138 valence electrons. The van der Waals surface area contributed by atoms with Crippen molar-refractivity contribution < 1.29 is 8.42 Å². The van der Waals surface area contributed by atoms with Gasteiger partial charge >= 0.3 is 0 Å². The number of halogens is 2. The lowest BCUT2D eigenvalue weighted by atomic mass is 10.3. The highest BCUT2D eigenvalue weighted by Gasteiger charge is 2.13. The average molecular weight is 515 g/mol. The molecule has 0 spiro atoms. The van der Waals surface area contributed by atoms with E-state index >= 15 is 0 Å². The van der Waals surface area contributed by atoms with Crippen LogP contribution < -0.4 is 15.4 Å². The summed E-state index contributed by atoms with van der Waals surface area (Å²) in [5.74, 6) is 0.614. The molecule has 0 fully saturated rings. The predicted octanol–water partition coefficient (Wildman–Crippen LogP) is 2.66. The predicted molar refractivity (Wildman–Crippen MR) is 115 cm³/mol. The molecule has 0 saturated carbocycles. The average Bonchev–Trinajstić information content (AvgIpc) is 3.07. The van der Waals surface area contributed by atoms with Crippen molar-refractivity contribution in [2.24, 2.45) is 4.99 Å². The topological polar surface area (TPSA) is 82.6 Å². The highest BCUT2D eigenvalue weighted by molar-refractivity contribution is 14.0. The van der Waals surface area contributed by atoms with Crippen LogP contribution in [0.3, 0.4) is 0 Å². The Morgan fingerprint density at radius 2 is 2.04 bits per heavy atom. The van der Waals surface area contributed by atoms with E-state index in [4.69, 9.17) is 11.6 Å². The van der Waals surface area contributed by atoms with Gasteiger partial charge in [-0.15, -0.1) is 24.0 Å². The third-order valence-electron chi connectivity index (χ3n) is 3.08. The van der Waals surface area contributed by atoms with E-state index < -0.39 is 10.0 Å². The molecule has 3 N–H and O–H groups in total. The number of hydrogen-bond acceptors (Lipinski definition) is 4. The fourth-order valence-electron chi connectivity index (χ4n) is 1.88. The summed E-state index contributed by atoms with van der Waals surface area (Å²) in [6.45, 7) is 1.30. The van der Waals surface area contributed by atoms with Crippen molar-refractivity contribution in [3.63, 3.8) is 0 Å². The number of guanidine groups is 1. The molecule has 10 heteroatoms. The summed E-state index contributed by atoms with van der Waals surface area (Å²) in [5.41, 5.74) is 1.17. The van der Waals surface area contributed by atoms with E-state index in [0.717, 1.165) is 0 Å². The van der Waals surface area contributed by atoms with Gasteiger partial charge in [0.05, 0.1) is 4.90 Å². The fraction of sp³-hybridized carbons (Fsp3) is 0.267. The van der Waals surface area contributed by atoms with Crippen LogP contribution in [0, 0.1) is 0 Å². The minimum Gasteiger partial charge on any atom is -0.355 e. The first-order chi connectivity index (χ1) is 11.5. The summed E-state index contributed by atoms with van der Waals surface area (Å²) >= 11 is 7.46. The number of hydrogen-bond donors (Lipinski definition) is 3. The fourth-order valence-corrected chi connectivity index (χ4v) is 3.88. The maximum atomic E-state index is 12.1. The number of rotatable bonds is 7.